The molecular formula is C15H19NO4. The predicted molar refractivity (Wildman–Crippen MR) is 75.2 cm³/mol. The van der Waals surface area contributed by atoms with Gasteiger partial charge in [0.2, 0.25) is 0 Å². The summed E-state index contributed by atoms with van der Waals surface area (Å²) in [4.78, 5) is 22.7. The fourth-order valence-electron chi connectivity index (χ4n) is 1.43. The third-order valence-electron chi connectivity index (χ3n) is 2.46. The second-order valence-electron chi connectivity index (χ2n) is 4.05. The number of amides is 1. The van der Waals surface area contributed by atoms with Gasteiger partial charge in [-0.1, -0.05) is 25.1 Å². The zero-order valence-corrected chi connectivity index (χ0v) is 11.7. The number of hydrogen-bond donors (Lipinski definition) is 1. The lowest BCUT2D eigenvalue weighted by Gasteiger charge is -2.07. The minimum atomic E-state index is -0.511. The Morgan fingerprint density at radius 1 is 1.35 bits per heavy atom. The van der Waals surface area contributed by atoms with E-state index in [9.17, 15) is 9.59 Å². The van der Waals surface area contributed by atoms with E-state index in [-0.39, 0.29) is 12.5 Å². The summed E-state index contributed by atoms with van der Waals surface area (Å²) in [5, 5.41) is 2.67. The molecule has 0 aromatic heterocycles. The van der Waals surface area contributed by atoms with Gasteiger partial charge in [-0.3, -0.25) is 4.79 Å². The summed E-state index contributed by atoms with van der Waals surface area (Å²) < 4.78 is 9.87. The van der Waals surface area contributed by atoms with Crippen LogP contribution in [0.2, 0.25) is 0 Å². The van der Waals surface area contributed by atoms with Gasteiger partial charge >= 0.3 is 5.97 Å². The van der Waals surface area contributed by atoms with Crippen LogP contribution >= 0.6 is 0 Å². The summed E-state index contributed by atoms with van der Waals surface area (Å²) in [5.74, 6) is -0.123. The monoisotopic (exact) mass is 277 g/mol. The van der Waals surface area contributed by atoms with E-state index in [1.54, 1.807) is 13.2 Å². The molecule has 0 aliphatic carbocycles. The largest absolute Gasteiger partial charge is 0.497 e. The van der Waals surface area contributed by atoms with Crippen molar-refractivity contribution in [2.45, 2.75) is 19.9 Å². The molecule has 0 saturated carbocycles. The number of benzene rings is 1. The molecule has 0 fully saturated rings. The first-order chi connectivity index (χ1) is 9.65. The molecule has 0 saturated heterocycles. The van der Waals surface area contributed by atoms with Crippen LogP contribution in [-0.2, 0) is 20.9 Å². The van der Waals surface area contributed by atoms with E-state index >= 15 is 0 Å². The molecule has 108 valence electrons. The van der Waals surface area contributed by atoms with Crippen LogP contribution in [0.15, 0.2) is 36.4 Å². The fourth-order valence-corrected chi connectivity index (χ4v) is 1.43. The maximum atomic E-state index is 11.5. The Labute approximate surface area is 118 Å². The molecular weight excluding hydrogens is 258 g/mol. The van der Waals surface area contributed by atoms with Crippen molar-refractivity contribution in [1.82, 2.24) is 5.32 Å². The number of ether oxygens (including phenoxy) is 2. The smallest absolute Gasteiger partial charge is 0.330 e. The van der Waals surface area contributed by atoms with Gasteiger partial charge in [0.25, 0.3) is 5.91 Å². The SMILES string of the molecule is CC/C=C/C(=O)OCC(=O)NCc1cccc(OC)c1. The van der Waals surface area contributed by atoms with E-state index in [0.717, 1.165) is 17.7 Å². The minimum absolute atomic E-state index is 0.281. The van der Waals surface area contributed by atoms with E-state index in [0.29, 0.717) is 6.54 Å². The minimum Gasteiger partial charge on any atom is -0.497 e. The topological polar surface area (TPSA) is 64.6 Å². The van der Waals surface area contributed by atoms with Gasteiger partial charge in [-0.25, -0.2) is 4.79 Å². The van der Waals surface area contributed by atoms with Crippen LogP contribution in [-0.4, -0.2) is 25.6 Å². The summed E-state index contributed by atoms with van der Waals surface area (Å²) in [5.41, 5.74) is 0.912. The number of rotatable bonds is 7. The Morgan fingerprint density at radius 3 is 2.85 bits per heavy atom. The average Bonchev–Trinajstić information content (AvgIpc) is 2.49. The number of nitrogens with one attached hydrogen (secondary N) is 1. The number of methoxy groups -OCH3 is 1. The first kappa shape index (κ1) is 15.8. The van der Waals surface area contributed by atoms with Crippen LogP contribution in [0.4, 0.5) is 0 Å². The van der Waals surface area contributed by atoms with Crippen LogP contribution in [0.3, 0.4) is 0 Å². The average molecular weight is 277 g/mol. The Morgan fingerprint density at radius 2 is 2.15 bits per heavy atom. The van der Waals surface area contributed by atoms with Gasteiger partial charge in [-0.2, -0.15) is 0 Å². The van der Waals surface area contributed by atoms with Crippen molar-refractivity contribution in [3.8, 4) is 5.75 Å². The highest BCUT2D eigenvalue weighted by molar-refractivity contribution is 5.85. The second-order valence-corrected chi connectivity index (χ2v) is 4.05. The molecule has 0 radical (unpaired) electrons. The quantitative estimate of drug-likeness (QED) is 0.610. The lowest BCUT2D eigenvalue weighted by Crippen LogP contribution is -2.28. The van der Waals surface area contributed by atoms with Crippen LogP contribution in [0.1, 0.15) is 18.9 Å². The Balaban J connectivity index is 2.32. The van der Waals surface area contributed by atoms with Gasteiger partial charge in [0.15, 0.2) is 6.61 Å². The molecule has 0 atom stereocenters. The Bertz CT molecular complexity index is 483. The molecule has 1 rings (SSSR count). The summed E-state index contributed by atoms with van der Waals surface area (Å²) in [6.45, 7) is 1.99. The molecule has 0 spiro atoms. The standard InChI is InChI=1S/C15H19NO4/c1-3-4-8-15(18)20-11-14(17)16-10-12-6-5-7-13(9-12)19-2/h4-9H,3,10-11H2,1-2H3,(H,16,17)/b8-4+. The van der Waals surface area contributed by atoms with E-state index < -0.39 is 5.97 Å². The summed E-state index contributed by atoms with van der Waals surface area (Å²) in [6.07, 6.45) is 3.74. The highest BCUT2D eigenvalue weighted by atomic mass is 16.5. The number of hydrogen-bond acceptors (Lipinski definition) is 4. The van der Waals surface area contributed by atoms with Crippen LogP contribution < -0.4 is 10.1 Å². The van der Waals surface area contributed by atoms with E-state index in [1.807, 2.05) is 31.2 Å². The van der Waals surface area contributed by atoms with E-state index in [2.05, 4.69) is 5.32 Å². The highest BCUT2D eigenvalue weighted by Gasteiger charge is 2.05. The van der Waals surface area contributed by atoms with Crippen molar-refractivity contribution in [2.75, 3.05) is 13.7 Å². The molecule has 0 bridgehead atoms. The molecule has 1 aromatic carbocycles. The predicted octanol–water partition coefficient (Wildman–Crippen LogP) is 1.82. The number of carbonyl (C=O) groups excluding carboxylic acids is 2. The fraction of sp³-hybridized carbons (Fsp3) is 0.333. The maximum absolute atomic E-state index is 11.5. The molecule has 1 amide bonds. The lowest BCUT2D eigenvalue weighted by molar-refractivity contribution is -0.143. The van der Waals surface area contributed by atoms with Gasteiger partial charge in [-0.05, 0) is 24.1 Å². The van der Waals surface area contributed by atoms with Crippen molar-refractivity contribution >= 4 is 11.9 Å². The maximum Gasteiger partial charge on any atom is 0.330 e. The van der Waals surface area contributed by atoms with Crippen LogP contribution in [0.25, 0.3) is 0 Å². The Kier molecular flexibility index (Phi) is 6.89. The Hall–Kier alpha value is -2.30. The molecule has 0 aliphatic rings. The summed E-state index contributed by atoms with van der Waals surface area (Å²) in [7, 11) is 1.58. The lowest BCUT2D eigenvalue weighted by atomic mass is 10.2. The number of carbonyl (C=O) groups is 2. The zero-order chi connectivity index (χ0) is 14.8. The first-order valence-electron chi connectivity index (χ1n) is 6.38. The third-order valence-corrected chi connectivity index (χ3v) is 2.46. The van der Waals surface area contributed by atoms with Gasteiger partial charge < -0.3 is 14.8 Å². The molecule has 1 aromatic rings. The molecule has 20 heavy (non-hydrogen) atoms. The molecule has 0 unspecified atom stereocenters. The molecule has 5 heteroatoms. The first-order valence-corrected chi connectivity index (χ1v) is 6.38. The van der Waals surface area contributed by atoms with Gasteiger partial charge in [-0.15, -0.1) is 0 Å². The molecule has 0 aliphatic heterocycles. The van der Waals surface area contributed by atoms with Crippen LogP contribution in [0, 0.1) is 0 Å². The van der Waals surface area contributed by atoms with E-state index in [4.69, 9.17) is 9.47 Å². The highest BCUT2D eigenvalue weighted by Crippen LogP contribution is 2.11. The van der Waals surface area contributed by atoms with Crippen molar-refractivity contribution in [3.05, 3.63) is 42.0 Å². The zero-order valence-electron chi connectivity index (χ0n) is 11.7. The number of esters is 1. The van der Waals surface area contributed by atoms with Gasteiger partial charge in [0, 0.05) is 12.6 Å². The van der Waals surface area contributed by atoms with Crippen molar-refractivity contribution in [2.24, 2.45) is 0 Å². The summed E-state index contributed by atoms with van der Waals surface area (Å²) in [6, 6.07) is 7.37. The molecule has 0 heterocycles. The third kappa shape index (κ3) is 6.04. The normalized spacial score (nSPS) is 10.3. The van der Waals surface area contributed by atoms with Crippen molar-refractivity contribution in [1.29, 1.82) is 0 Å². The van der Waals surface area contributed by atoms with Crippen molar-refractivity contribution in [3.63, 3.8) is 0 Å². The summed E-state index contributed by atoms with van der Waals surface area (Å²) >= 11 is 0. The van der Waals surface area contributed by atoms with Gasteiger partial charge in [0.1, 0.15) is 5.75 Å². The van der Waals surface area contributed by atoms with Gasteiger partial charge in [0.05, 0.1) is 7.11 Å². The second kappa shape index (κ2) is 8.74. The molecule has 5 nitrogen and oxygen atoms in total. The van der Waals surface area contributed by atoms with E-state index in [1.165, 1.54) is 6.08 Å². The van der Waals surface area contributed by atoms with Crippen LogP contribution in [0.5, 0.6) is 5.75 Å². The number of allylic oxidation sites excluding steroid dienone is 1. The van der Waals surface area contributed by atoms with Crippen molar-refractivity contribution < 1.29 is 19.1 Å². The molecule has 1 N–H and O–H groups in total.